The summed E-state index contributed by atoms with van der Waals surface area (Å²) in [5.41, 5.74) is 7.67. The Morgan fingerprint density at radius 3 is 2.45 bits per heavy atom. The lowest BCUT2D eigenvalue weighted by Gasteiger charge is -2.15. The zero-order valence-corrected chi connectivity index (χ0v) is 11.0. The molecule has 3 N–H and O–H groups in total. The smallest absolute Gasteiger partial charge is 0.305 e. The summed E-state index contributed by atoms with van der Waals surface area (Å²) < 4.78 is 5.75. The molecule has 0 saturated heterocycles. The molecule has 0 fully saturated rings. The van der Waals surface area contributed by atoms with Crippen LogP contribution in [0.3, 0.4) is 0 Å². The molecule has 2 aromatic rings. The van der Waals surface area contributed by atoms with E-state index >= 15 is 0 Å². The van der Waals surface area contributed by atoms with Crippen LogP contribution in [0.1, 0.15) is 23.6 Å². The molecule has 0 aliphatic rings. The first kappa shape index (κ1) is 14.1. The van der Waals surface area contributed by atoms with Crippen molar-refractivity contribution in [3.63, 3.8) is 0 Å². The summed E-state index contributed by atoms with van der Waals surface area (Å²) >= 11 is 0. The van der Waals surface area contributed by atoms with Gasteiger partial charge in [0, 0.05) is 11.6 Å². The van der Waals surface area contributed by atoms with Crippen LogP contribution in [0.15, 0.2) is 54.6 Å². The average molecular weight is 271 g/mol. The maximum absolute atomic E-state index is 10.8. The maximum atomic E-state index is 10.8. The number of aliphatic carboxylic acids is 1. The molecule has 0 unspecified atom stereocenters. The van der Waals surface area contributed by atoms with E-state index in [9.17, 15) is 4.79 Å². The van der Waals surface area contributed by atoms with Crippen molar-refractivity contribution in [2.75, 3.05) is 0 Å². The number of nitrogens with two attached hydrogens (primary N) is 1. The zero-order chi connectivity index (χ0) is 14.4. The van der Waals surface area contributed by atoms with Crippen LogP contribution < -0.4 is 10.5 Å². The highest BCUT2D eigenvalue weighted by Crippen LogP contribution is 2.26. The zero-order valence-electron chi connectivity index (χ0n) is 11.0. The summed E-state index contributed by atoms with van der Waals surface area (Å²) in [6, 6.07) is 16.5. The van der Waals surface area contributed by atoms with E-state index in [1.807, 2.05) is 42.5 Å². The SMILES string of the molecule is N[C@H](CC(=O)O)c1ccccc1OCc1ccccc1. The molecule has 0 saturated carbocycles. The predicted molar refractivity (Wildman–Crippen MR) is 76.4 cm³/mol. The molecule has 20 heavy (non-hydrogen) atoms. The molecule has 0 aliphatic heterocycles. The van der Waals surface area contributed by atoms with Crippen LogP contribution in [-0.2, 0) is 11.4 Å². The Morgan fingerprint density at radius 1 is 1.10 bits per heavy atom. The fourth-order valence-corrected chi connectivity index (χ4v) is 1.95. The number of carboxylic acid groups (broad SMARTS) is 1. The van der Waals surface area contributed by atoms with Gasteiger partial charge in [-0.05, 0) is 11.6 Å². The lowest BCUT2D eigenvalue weighted by Crippen LogP contribution is -2.16. The highest BCUT2D eigenvalue weighted by molar-refractivity contribution is 5.68. The van der Waals surface area contributed by atoms with Gasteiger partial charge in [0.2, 0.25) is 0 Å². The maximum Gasteiger partial charge on any atom is 0.305 e. The van der Waals surface area contributed by atoms with Gasteiger partial charge in [0.25, 0.3) is 0 Å². The number of hydrogen-bond donors (Lipinski definition) is 2. The Labute approximate surface area is 117 Å². The van der Waals surface area contributed by atoms with Gasteiger partial charge < -0.3 is 15.6 Å². The molecule has 0 aromatic heterocycles. The third kappa shape index (κ3) is 3.83. The third-order valence-electron chi connectivity index (χ3n) is 2.95. The summed E-state index contributed by atoms with van der Waals surface area (Å²) in [6.45, 7) is 0.428. The van der Waals surface area contributed by atoms with E-state index in [-0.39, 0.29) is 6.42 Å². The lowest BCUT2D eigenvalue weighted by atomic mass is 10.0. The van der Waals surface area contributed by atoms with Crippen LogP contribution in [0, 0.1) is 0 Å². The van der Waals surface area contributed by atoms with E-state index in [1.165, 1.54) is 0 Å². The molecule has 0 amide bonds. The van der Waals surface area contributed by atoms with E-state index in [1.54, 1.807) is 12.1 Å². The number of rotatable bonds is 6. The Morgan fingerprint density at radius 2 is 1.75 bits per heavy atom. The van der Waals surface area contributed by atoms with E-state index in [0.717, 1.165) is 5.56 Å². The minimum atomic E-state index is -0.921. The van der Waals surface area contributed by atoms with Gasteiger partial charge in [-0.2, -0.15) is 0 Å². The standard InChI is InChI=1S/C16H17NO3/c17-14(10-16(18)19)13-8-4-5-9-15(13)20-11-12-6-2-1-3-7-12/h1-9,14H,10-11,17H2,(H,18,19)/t14-/m1/s1. The number of benzene rings is 2. The summed E-state index contributed by atoms with van der Waals surface area (Å²) in [5, 5.41) is 8.82. The first-order valence-corrected chi connectivity index (χ1v) is 6.40. The number of ether oxygens (including phenoxy) is 1. The fourth-order valence-electron chi connectivity index (χ4n) is 1.95. The van der Waals surface area contributed by atoms with Crippen LogP contribution in [0.25, 0.3) is 0 Å². The number of carboxylic acids is 1. The topological polar surface area (TPSA) is 72.6 Å². The van der Waals surface area contributed by atoms with Crippen LogP contribution in [-0.4, -0.2) is 11.1 Å². The van der Waals surface area contributed by atoms with Crippen molar-refractivity contribution >= 4 is 5.97 Å². The van der Waals surface area contributed by atoms with Crippen molar-refractivity contribution in [3.05, 3.63) is 65.7 Å². The van der Waals surface area contributed by atoms with E-state index in [4.69, 9.17) is 15.6 Å². The van der Waals surface area contributed by atoms with Crippen molar-refractivity contribution in [1.82, 2.24) is 0 Å². The van der Waals surface area contributed by atoms with Gasteiger partial charge in [-0.1, -0.05) is 48.5 Å². The largest absolute Gasteiger partial charge is 0.489 e. The number of carbonyl (C=O) groups is 1. The molecule has 0 spiro atoms. The van der Waals surface area contributed by atoms with E-state index in [2.05, 4.69) is 0 Å². The van der Waals surface area contributed by atoms with Gasteiger partial charge in [-0.3, -0.25) is 4.79 Å². The van der Waals surface area contributed by atoms with Crippen LogP contribution in [0.4, 0.5) is 0 Å². The normalized spacial score (nSPS) is 11.8. The molecule has 0 aliphatic carbocycles. The Balaban J connectivity index is 2.09. The van der Waals surface area contributed by atoms with Gasteiger partial charge in [-0.25, -0.2) is 0 Å². The van der Waals surface area contributed by atoms with Gasteiger partial charge in [-0.15, -0.1) is 0 Å². The minimum absolute atomic E-state index is 0.119. The quantitative estimate of drug-likeness (QED) is 0.847. The fraction of sp³-hybridized carbons (Fsp3) is 0.188. The highest BCUT2D eigenvalue weighted by atomic mass is 16.5. The molecule has 2 aromatic carbocycles. The predicted octanol–water partition coefficient (Wildman–Crippen LogP) is 2.74. The Bertz CT molecular complexity index is 569. The number of hydrogen-bond acceptors (Lipinski definition) is 3. The van der Waals surface area contributed by atoms with Gasteiger partial charge in [0.15, 0.2) is 0 Å². The van der Waals surface area contributed by atoms with Crippen molar-refractivity contribution in [2.24, 2.45) is 5.73 Å². The van der Waals surface area contributed by atoms with Crippen molar-refractivity contribution in [3.8, 4) is 5.75 Å². The van der Waals surface area contributed by atoms with Crippen molar-refractivity contribution in [2.45, 2.75) is 19.1 Å². The van der Waals surface area contributed by atoms with Crippen molar-refractivity contribution < 1.29 is 14.6 Å². The molecular weight excluding hydrogens is 254 g/mol. The molecule has 104 valence electrons. The summed E-state index contributed by atoms with van der Waals surface area (Å²) in [5.74, 6) is -0.291. The molecule has 0 heterocycles. The molecule has 1 atom stereocenters. The molecular formula is C16H17NO3. The summed E-state index contributed by atoms with van der Waals surface area (Å²) in [7, 11) is 0. The van der Waals surface area contributed by atoms with E-state index in [0.29, 0.717) is 17.9 Å². The van der Waals surface area contributed by atoms with Crippen LogP contribution >= 0.6 is 0 Å². The molecule has 4 nitrogen and oxygen atoms in total. The summed E-state index contributed by atoms with van der Waals surface area (Å²) in [6.07, 6.45) is -0.119. The Hall–Kier alpha value is -2.33. The minimum Gasteiger partial charge on any atom is -0.489 e. The van der Waals surface area contributed by atoms with Crippen LogP contribution in [0.5, 0.6) is 5.75 Å². The first-order chi connectivity index (χ1) is 9.66. The second-order valence-electron chi connectivity index (χ2n) is 4.52. The van der Waals surface area contributed by atoms with Gasteiger partial charge in [0.1, 0.15) is 12.4 Å². The second kappa shape index (κ2) is 6.73. The molecule has 2 rings (SSSR count). The van der Waals surface area contributed by atoms with E-state index < -0.39 is 12.0 Å². The number of para-hydroxylation sites is 1. The monoisotopic (exact) mass is 271 g/mol. The lowest BCUT2D eigenvalue weighted by molar-refractivity contribution is -0.137. The van der Waals surface area contributed by atoms with Crippen LogP contribution in [0.2, 0.25) is 0 Å². The Kier molecular flexibility index (Phi) is 4.74. The molecule has 0 bridgehead atoms. The molecule has 4 heteroatoms. The third-order valence-corrected chi connectivity index (χ3v) is 2.95. The molecule has 0 radical (unpaired) electrons. The first-order valence-electron chi connectivity index (χ1n) is 6.40. The highest BCUT2D eigenvalue weighted by Gasteiger charge is 2.15. The van der Waals surface area contributed by atoms with Gasteiger partial charge in [0.05, 0.1) is 6.42 Å². The summed E-state index contributed by atoms with van der Waals surface area (Å²) in [4.78, 5) is 10.8. The second-order valence-corrected chi connectivity index (χ2v) is 4.52. The van der Waals surface area contributed by atoms with Gasteiger partial charge >= 0.3 is 5.97 Å². The van der Waals surface area contributed by atoms with Crippen molar-refractivity contribution in [1.29, 1.82) is 0 Å². The average Bonchev–Trinajstić information content (AvgIpc) is 2.46.